The van der Waals surface area contributed by atoms with Gasteiger partial charge in [-0.1, -0.05) is 26.2 Å². The lowest BCUT2D eigenvalue weighted by Gasteiger charge is -2.38. The maximum absolute atomic E-state index is 12.9. The Morgan fingerprint density at radius 2 is 2.10 bits per heavy atom. The molecule has 1 amide bonds. The van der Waals surface area contributed by atoms with Gasteiger partial charge in [0.25, 0.3) is 5.69 Å². The second-order valence-corrected chi connectivity index (χ2v) is 7.88. The largest absolute Gasteiger partial charge is 0.494 e. The molecule has 166 valence electrons. The lowest BCUT2D eigenvalue weighted by molar-refractivity contribution is -0.385. The van der Waals surface area contributed by atoms with Gasteiger partial charge >= 0.3 is 0 Å². The number of hydrogen-bond acceptors (Lipinski definition) is 6. The summed E-state index contributed by atoms with van der Waals surface area (Å²) in [6.07, 6.45) is 6.68. The molecule has 1 aliphatic carbocycles. The highest BCUT2D eigenvalue weighted by Gasteiger charge is 2.33. The number of ether oxygens (including phenoxy) is 1. The molecular formula is C22H32N2O6. The Bertz CT molecular complexity index is 730. The third-order valence-corrected chi connectivity index (χ3v) is 5.70. The average Bonchev–Trinajstić information content (AvgIpc) is 3.24. The molecule has 0 radical (unpaired) electrons. The van der Waals surface area contributed by atoms with Crippen molar-refractivity contribution in [2.45, 2.75) is 77.5 Å². The lowest BCUT2D eigenvalue weighted by atomic mass is 9.92. The average molecular weight is 421 g/mol. The van der Waals surface area contributed by atoms with E-state index in [-0.39, 0.29) is 36.2 Å². The maximum Gasteiger partial charge on any atom is 0.280 e. The highest BCUT2D eigenvalue weighted by atomic mass is 16.6. The van der Waals surface area contributed by atoms with Gasteiger partial charge in [-0.05, 0) is 50.7 Å². The fraction of sp³-hybridized carbons (Fsp3) is 0.636. The summed E-state index contributed by atoms with van der Waals surface area (Å²) in [6, 6.07) is 4.06. The first kappa shape index (κ1) is 23.8. The molecule has 1 aromatic rings. The van der Waals surface area contributed by atoms with Gasteiger partial charge in [0.05, 0.1) is 17.1 Å². The van der Waals surface area contributed by atoms with Gasteiger partial charge in [0, 0.05) is 18.5 Å². The van der Waals surface area contributed by atoms with Crippen molar-refractivity contribution in [1.82, 2.24) is 4.90 Å². The number of amides is 1. The van der Waals surface area contributed by atoms with Crippen LogP contribution in [0.2, 0.25) is 0 Å². The fourth-order valence-electron chi connectivity index (χ4n) is 4.34. The molecule has 8 heteroatoms. The molecule has 0 bridgehead atoms. The second-order valence-electron chi connectivity index (χ2n) is 7.88. The minimum Gasteiger partial charge on any atom is -0.494 e. The predicted octanol–water partition coefficient (Wildman–Crippen LogP) is 4.09. The van der Waals surface area contributed by atoms with Crippen molar-refractivity contribution in [3.8, 4) is 5.75 Å². The molecule has 8 nitrogen and oxygen atoms in total. The Balaban J connectivity index is 1.92. The zero-order chi connectivity index (χ0) is 22.1. The van der Waals surface area contributed by atoms with Crippen molar-refractivity contribution >= 4 is 17.9 Å². The van der Waals surface area contributed by atoms with E-state index in [4.69, 9.17) is 4.74 Å². The predicted molar refractivity (Wildman–Crippen MR) is 112 cm³/mol. The van der Waals surface area contributed by atoms with Gasteiger partial charge in [0.2, 0.25) is 5.91 Å². The van der Waals surface area contributed by atoms with Crippen molar-refractivity contribution in [1.29, 1.82) is 0 Å². The standard InChI is InChI=1S/C22H32N2O6/c1-3-7-20(17-8-4-5-9-17)23(16(2)26)22(27)10-6-13-30-19-11-12-21(24(28)29)18(14-19)15-25/h11-12,14-17,20,26H,3-10,13H2,1-2H3. The van der Waals surface area contributed by atoms with Gasteiger partial charge in [-0.15, -0.1) is 0 Å². The number of carbonyl (C=O) groups is 2. The van der Waals surface area contributed by atoms with Gasteiger partial charge in [-0.3, -0.25) is 19.7 Å². The normalized spacial score (nSPS) is 16.1. The van der Waals surface area contributed by atoms with Gasteiger partial charge in [-0.2, -0.15) is 0 Å². The highest BCUT2D eigenvalue weighted by Crippen LogP contribution is 2.33. The van der Waals surface area contributed by atoms with E-state index < -0.39 is 11.2 Å². The Labute approximate surface area is 177 Å². The van der Waals surface area contributed by atoms with Crippen molar-refractivity contribution in [3.05, 3.63) is 33.9 Å². The van der Waals surface area contributed by atoms with Crippen LogP contribution in [0.4, 0.5) is 5.69 Å². The zero-order valence-electron chi connectivity index (χ0n) is 17.8. The van der Waals surface area contributed by atoms with Crippen LogP contribution >= 0.6 is 0 Å². The first-order chi connectivity index (χ1) is 14.4. The Hall–Kier alpha value is -2.48. The van der Waals surface area contributed by atoms with Gasteiger partial charge in [-0.25, -0.2) is 0 Å². The second kappa shape index (κ2) is 11.6. The van der Waals surface area contributed by atoms with E-state index in [2.05, 4.69) is 6.92 Å². The Morgan fingerprint density at radius 1 is 1.40 bits per heavy atom. The summed E-state index contributed by atoms with van der Waals surface area (Å²) in [5.74, 6) is 0.704. The van der Waals surface area contributed by atoms with Crippen molar-refractivity contribution in [2.75, 3.05) is 6.61 Å². The van der Waals surface area contributed by atoms with Crippen LogP contribution in [0.25, 0.3) is 0 Å². The third-order valence-electron chi connectivity index (χ3n) is 5.70. The van der Waals surface area contributed by atoms with Gasteiger partial charge in [0.15, 0.2) is 6.29 Å². The Morgan fingerprint density at radius 3 is 2.67 bits per heavy atom. The smallest absolute Gasteiger partial charge is 0.280 e. The lowest BCUT2D eigenvalue weighted by Crippen LogP contribution is -2.49. The summed E-state index contributed by atoms with van der Waals surface area (Å²) >= 11 is 0. The molecule has 0 aromatic heterocycles. The van der Waals surface area contributed by atoms with E-state index in [0.717, 1.165) is 25.7 Å². The van der Waals surface area contributed by atoms with Crippen LogP contribution in [0, 0.1) is 16.0 Å². The van der Waals surface area contributed by atoms with E-state index in [1.807, 2.05) is 0 Å². The first-order valence-electron chi connectivity index (χ1n) is 10.7. The molecule has 1 aliphatic rings. The molecule has 1 aromatic carbocycles. The van der Waals surface area contributed by atoms with Crippen LogP contribution in [0.1, 0.15) is 75.6 Å². The molecule has 0 saturated heterocycles. The number of nitro benzene ring substituents is 1. The number of aldehydes is 1. The first-order valence-corrected chi connectivity index (χ1v) is 10.7. The minimum atomic E-state index is -0.833. The zero-order valence-corrected chi connectivity index (χ0v) is 17.8. The van der Waals surface area contributed by atoms with Crippen LogP contribution in [0.3, 0.4) is 0 Å². The fourth-order valence-corrected chi connectivity index (χ4v) is 4.34. The monoisotopic (exact) mass is 420 g/mol. The third kappa shape index (κ3) is 6.26. The minimum absolute atomic E-state index is 0.0483. The van der Waals surface area contributed by atoms with E-state index in [1.165, 1.54) is 31.0 Å². The number of aliphatic hydroxyl groups excluding tert-OH is 1. The number of nitro groups is 1. The van der Waals surface area contributed by atoms with Crippen LogP contribution < -0.4 is 4.74 Å². The van der Waals surface area contributed by atoms with E-state index in [0.29, 0.717) is 24.4 Å². The maximum atomic E-state index is 12.9. The van der Waals surface area contributed by atoms with Crippen molar-refractivity contribution < 1.29 is 24.4 Å². The molecule has 2 atom stereocenters. The molecule has 0 spiro atoms. The molecule has 1 N–H and O–H groups in total. The molecule has 1 saturated carbocycles. The molecule has 1 fully saturated rings. The quantitative estimate of drug-likeness (QED) is 0.179. The summed E-state index contributed by atoms with van der Waals surface area (Å²) in [5.41, 5.74) is -0.318. The van der Waals surface area contributed by atoms with Crippen LogP contribution in [-0.4, -0.2) is 46.0 Å². The molecule has 2 rings (SSSR count). The number of hydrogen-bond donors (Lipinski definition) is 1. The summed E-state index contributed by atoms with van der Waals surface area (Å²) in [7, 11) is 0. The number of nitrogens with zero attached hydrogens (tertiary/aromatic N) is 2. The molecule has 0 heterocycles. The summed E-state index contributed by atoms with van der Waals surface area (Å²) in [5, 5.41) is 21.2. The number of benzene rings is 1. The number of aliphatic hydroxyl groups is 1. The van der Waals surface area contributed by atoms with E-state index in [1.54, 1.807) is 11.8 Å². The highest BCUT2D eigenvalue weighted by molar-refractivity contribution is 5.82. The SMILES string of the molecule is CCCC(C1CCCC1)N(C(=O)CCCOc1ccc([N+](=O)[O-])c(C=O)c1)C(C)O. The van der Waals surface area contributed by atoms with Crippen LogP contribution in [0.5, 0.6) is 5.75 Å². The molecular weight excluding hydrogens is 388 g/mol. The topological polar surface area (TPSA) is 110 Å². The molecule has 0 aliphatic heterocycles. The summed E-state index contributed by atoms with van der Waals surface area (Å²) in [6.45, 7) is 3.97. The molecule has 2 unspecified atom stereocenters. The van der Waals surface area contributed by atoms with Crippen molar-refractivity contribution in [2.24, 2.45) is 5.92 Å². The molecule has 30 heavy (non-hydrogen) atoms. The summed E-state index contributed by atoms with van der Waals surface area (Å²) in [4.78, 5) is 35.8. The number of rotatable bonds is 12. The van der Waals surface area contributed by atoms with E-state index in [9.17, 15) is 24.8 Å². The van der Waals surface area contributed by atoms with Gasteiger partial charge < -0.3 is 14.7 Å². The summed E-state index contributed by atoms with van der Waals surface area (Å²) < 4.78 is 5.57. The van der Waals surface area contributed by atoms with Crippen molar-refractivity contribution in [3.63, 3.8) is 0 Å². The van der Waals surface area contributed by atoms with Gasteiger partial charge in [0.1, 0.15) is 12.0 Å². The number of carbonyl (C=O) groups excluding carboxylic acids is 2. The van der Waals surface area contributed by atoms with Crippen LogP contribution in [-0.2, 0) is 4.79 Å². The van der Waals surface area contributed by atoms with Crippen LogP contribution in [0.15, 0.2) is 18.2 Å². The Kier molecular flexibility index (Phi) is 9.23. The van der Waals surface area contributed by atoms with E-state index >= 15 is 0 Å².